The lowest BCUT2D eigenvalue weighted by Crippen LogP contribution is -2.23. The first kappa shape index (κ1) is 11.4. The van der Waals surface area contributed by atoms with Gasteiger partial charge in [0.1, 0.15) is 6.61 Å². The Morgan fingerprint density at radius 2 is 2.25 bits per heavy atom. The van der Waals surface area contributed by atoms with Gasteiger partial charge in [0.25, 0.3) is 0 Å². The highest BCUT2D eigenvalue weighted by atomic mass is 19.1. The van der Waals surface area contributed by atoms with Crippen LogP contribution < -0.4 is 10.1 Å². The second kappa shape index (κ2) is 5.30. The zero-order valence-corrected chi connectivity index (χ0v) is 9.63. The van der Waals surface area contributed by atoms with Gasteiger partial charge < -0.3 is 10.1 Å². The van der Waals surface area contributed by atoms with Crippen LogP contribution in [0.1, 0.15) is 18.4 Å². The van der Waals surface area contributed by atoms with Crippen LogP contribution >= 0.6 is 0 Å². The van der Waals surface area contributed by atoms with Gasteiger partial charge in [0.05, 0.1) is 0 Å². The van der Waals surface area contributed by atoms with Crippen molar-refractivity contribution in [1.82, 2.24) is 5.32 Å². The van der Waals surface area contributed by atoms with Gasteiger partial charge in [-0.3, -0.25) is 0 Å². The maximum Gasteiger partial charge on any atom is 0.167 e. The topological polar surface area (TPSA) is 21.3 Å². The van der Waals surface area contributed by atoms with Crippen molar-refractivity contribution in [3.8, 4) is 5.75 Å². The minimum atomic E-state index is -0.246. The van der Waals surface area contributed by atoms with E-state index in [2.05, 4.69) is 5.32 Å². The molecule has 2 nitrogen and oxygen atoms in total. The van der Waals surface area contributed by atoms with Gasteiger partial charge in [-0.1, -0.05) is 12.1 Å². The fraction of sp³-hybridized carbons (Fsp3) is 0.538. The Morgan fingerprint density at radius 1 is 1.44 bits per heavy atom. The first-order chi connectivity index (χ1) is 7.77. The van der Waals surface area contributed by atoms with E-state index in [1.807, 2.05) is 6.07 Å². The van der Waals surface area contributed by atoms with E-state index in [9.17, 15) is 4.39 Å². The Morgan fingerprint density at radius 3 is 3.00 bits per heavy atom. The highest BCUT2D eigenvalue weighted by Gasteiger charge is 2.19. The van der Waals surface area contributed by atoms with Crippen LogP contribution in [0.3, 0.4) is 0 Å². The molecule has 0 radical (unpaired) electrons. The van der Waals surface area contributed by atoms with Crippen molar-refractivity contribution < 1.29 is 9.13 Å². The van der Waals surface area contributed by atoms with E-state index in [4.69, 9.17) is 4.74 Å². The van der Waals surface area contributed by atoms with E-state index in [1.54, 1.807) is 19.1 Å². The van der Waals surface area contributed by atoms with Crippen molar-refractivity contribution >= 4 is 0 Å². The molecular formula is C13H18FNO. The van der Waals surface area contributed by atoms with Crippen LogP contribution in [0.15, 0.2) is 18.2 Å². The Labute approximate surface area is 95.8 Å². The van der Waals surface area contributed by atoms with Crippen LogP contribution in [-0.4, -0.2) is 19.7 Å². The lowest BCUT2D eigenvalue weighted by atomic mass is 10.2. The number of ether oxygens (including phenoxy) is 1. The van der Waals surface area contributed by atoms with E-state index < -0.39 is 0 Å². The van der Waals surface area contributed by atoms with Crippen LogP contribution in [-0.2, 0) is 0 Å². The summed E-state index contributed by atoms with van der Waals surface area (Å²) in [7, 11) is 0. The normalized spacial score (nSPS) is 15.1. The largest absolute Gasteiger partial charge is 0.489 e. The fourth-order valence-electron chi connectivity index (χ4n) is 1.59. The average molecular weight is 223 g/mol. The lowest BCUT2D eigenvalue weighted by molar-refractivity contribution is 0.297. The summed E-state index contributed by atoms with van der Waals surface area (Å²) in [4.78, 5) is 0. The molecule has 0 saturated heterocycles. The quantitative estimate of drug-likeness (QED) is 0.748. The molecule has 0 unspecified atom stereocenters. The van der Waals surface area contributed by atoms with E-state index in [0.29, 0.717) is 17.9 Å². The van der Waals surface area contributed by atoms with Crippen LogP contribution in [0.5, 0.6) is 5.75 Å². The standard InChI is InChI=1S/C13H18FNO/c1-10-3-2-4-12(13(10)14)16-8-7-15-9-11-5-6-11/h2-4,11,15H,5-9H2,1H3. The SMILES string of the molecule is Cc1cccc(OCCNCC2CC2)c1F. The number of benzene rings is 1. The maximum atomic E-state index is 13.5. The number of nitrogens with one attached hydrogen (secondary N) is 1. The summed E-state index contributed by atoms with van der Waals surface area (Å²) >= 11 is 0. The zero-order valence-electron chi connectivity index (χ0n) is 9.63. The van der Waals surface area contributed by atoms with Gasteiger partial charge in [-0.25, -0.2) is 4.39 Å². The second-order valence-corrected chi connectivity index (χ2v) is 4.38. The van der Waals surface area contributed by atoms with E-state index in [0.717, 1.165) is 19.0 Å². The Bertz CT molecular complexity index is 350. The molecule has 0 spiro atoms. The van der Waals surface area contributed by atoms with Gasteiger partial charge in [-0.2, -0.15) is 0 Å². The highest BCUT2D eigenvalue weighted by molar-refractivity contribution is 5.29. The average Bonchev–Trinajstić information content (AvgIpc) is 3.07. The third kappa shape index (κ3) is 3.20. The van der Waals surface area contributed by atoms with Crippen molar-refractivity contribution in [3.63, 3.8) is 0 Å². The number of aryl methyl sites for hydroxylation is 1. The molecule has 1 aliphatic carbocycles. The van der Waals surface area contributed by atoms with E-state index >= 15 is 0 Å². The van der Waals surface area contributed by atoms with Gasteiger partial charge in [0.15, 0.2) is 11.6 Å². The summed E-state index contributed by atoms with van der Waals surface area (Å²) in [6, 6.07) is 5.22. The first-order valence-corrected chi connectivity index (χ1v) is 5.86. The van der Waals surface area contributed by atoms with E-state index in [-0.39, 0.29) is 5.82 Å². The van der Waals surface area contributed by atoms with Gasteiger partial charge in [-0.05, 0) is 43.9 Å². The maximum absolute atomic E-state index is 13.5. The van der Waals surface area contributed by atoms with Gasteiger partial charge in [0, 0.05) is 6.54 Å². The summed E-state index contributed by atoms with van der Waals surface area (Å²) in [6.07, 6.45) is 2.70. The van der Waals surface area contributed by atoms with Crippen molar-refractivity contribution in [3.05, 3.63) is 29.6 Å². The Balaban J connectivity index is 1.69. The third-order valence-corrected chi connectivity index (χ3v) is 2.82. The molecule has 1 aromatic carbocycles. The van der Waals surface area contributed by atoms with Gasteiger partial charge >= 0.3 is 0 Å². The molecule has 88 valence electrons. The molecule has 3 heteroatoms. The predicted molar refractivity (Wildman–Crippen MR) is 62.2 cm³/mol. The molecule has 1 saturated carbocycles. The smallest absolute Gasteiger partial charge is 0.167 e. The second-order valence-electron chi connectivity index (χ2n) is 4.38. The molecule has 1 aliphatic rings. The van der Waals surface area contributed by atoms with Gasteiger partial charge in [0.2, 0.25) is 0 Å². The van der Waals surface area contributed by atoms with Crippen molar-refractivity contribution in [2.24, 2.45) is 5.92 Å². The molecule has 0 heterocycles. The summed E-state index contributed by atoms with van der Waals surface area (Å²) in [5.41, 5.74) is 0.628. The molecule has 2 rings (SSSR count). The van der Waals surface area contributed by atoms with Crippen LogP contribution in [0, 0.1) is 18.7 Å². The molecule has 1 aromatic rings. The molecular weight excluding hydrogens is 205 g/mol. The summed E-state index contributed by atoms with van der Waals surface area (Å²) < 4.78 is 18.9. The molecule has 16 heavy (non-hydrogen) atoms. The minimum Gasteiger partial charge on any atom is -0.489 e. The number of hydrogen-bond donors (Lipinski definition) is 1. The number of rotatable bonds is 6. The molecule has 0 aliphatic heterocycles. The molecule has 1 N–H and O–H groups in total. The zero-order chi connectivity index (χ0) is 11.4. The molecule has 0 aromatic heterocycles. The van der Waals surface area contributed by atoms with Gasteiger partial charge in [-0.15, -0.1) is 0 Å². The van der Waals surface area contributed by atoms with Crippen molar-refractivity contribution in [2.45, 2.75) is 19.8 Å². The van der Waals surface area contributed by atoms with Crippen LogP contribution in [0.25, 0.3) is 0 Å². The highest BCUT2D eigenvalue weighted by Crippen LogP contribution is 2.27. The third-order valence-electron chi connectivity index (χ3n) is 2.82. The summed E-state index contributed by atoms with van der Waals surface area (Å²) in [5.74, 6) is 0.980. The lowest BCUT2D eigenvalue weighted by Gasteiger charge is -2.09. The van der Waals surface area contributed by atoms with Crippen LogP contribution in [0.4, 0.5) is 4.39 Å². The Hall–Kier alpha value is -1.09. The minimum absolute atomic E-state index is 0.246. The molecule has 0 amide bonds. The molecule has 1 fully saturated rings. The predicted octanol–water partition coefficient (Wildman–Crippen LogP) is 2.51. The van der Waals surface area contributed by atoms with E-state index in [1.165, 1.54) is 12.8 Å². The summed E-state index contributed by atoms with van der Waals surface area (Å²) in [6.45, 7) is 4.12. The number of halogens is 1. The Kier molecular flexibility index (Phi) is 3.78. The van der Waals surface area contributed by atoms with Crippen LogP contribution in [0.2, 0.25) is 0 Å². The monoisotopic (exact) mass is 223 g/mol. The molecule has 0 bridgehead atoms. The molecule has 0 atom stereocenters. The van der Waals surface area contributed by atoms with Crippen molar-refractivity contribution in [1.29, 1.82) is 0 Å². The summed E-state index contributed by atoms with van der Waals surface area (Å²) in [5, 5.41) is 3.30. The first-order valence-electron chi connectivity index (χ1n) is 5.86. The van der Waals surface area contributed by atoms with Crippen molar-refractivity contribution in [2.75, 3.05) is 19.7 Å². The fourth-order valence-corrected chi connectivity index (χ4v) is 1.59. The number of hydrogen-bond acceptors (Lipinski definition) is 2.